The van der Waals surface area contributed by atoms with Gasteiger partial charge in [0, 0.05) is 29.0 Å². The number of nitrogens with zero attached hydrogens (tertiary/aromatic N) is 1. The van der Waals surface area contributed by atoms with E-state index in [1.165, 1.54) is 23.5 Å². The van der Waals surface area contributed by atoms with Crippen LogP contribution in [0, 0.1) is 17.7 Å². The number of fused-ring (bicyclic) bond motifs is 1. The maximum absolute atomic E-state index is 14.7. The molecule has 0 saturated heterocycles. The summed E-state index contributed by atoms with van der Waals surface area (Å²) >= 11 is 7.20. The van der Waals surface area contributed by atoms with Gasteiger partial charge in [0.05, 0.1) is 21.6 Å². The van der Waals surface area contributed by atoms with Crippen LogP contribution in [0.2, 0.25) is 5.02 Å². The van der Waals surface area contributed by atoms with Crippen molar-refractivity contribution < 1.29 is 18.7 Å². The molecule has 0 aliphatic carbocycles. The number of thiophene rings is 1. The first-order valence-corrected chi connectivity index (χ1v) is 10.9. The normalized spacial score (nSPS) is 10.4. The number of hydrogen-bond acceptors (Lipinski definition) is 6. The summed E-state index contributed by atoms with van der Waals surface area (Å²) < 4.78 is 26.6. The highest BCUT2D eigenvalue weighted by Gasteiger charge is 2.13. The molecule has 33 heavy (non-hydrogen) atoms. The van der Waals surface area contributed by atoms with E-state index in [-0.39, 0.29) is 24.6 Å². The zero-order valence-corrected chi connectivity index (χ0v) is 18.7. The van der Waals surface area contributed by atoms with E-state index in [9.17, 15) is 9.18 Å². The van der Waals surface area contributed by atoms with Gasteiger partial charge in [-0.25, -0.2) is 4.39 Å². The highest BCUT2D eigenvalue weighted by Crippen LogP contribution is 2.35. The Hall–Kier alpha value is -3.64. The summed E-state index contributed by atoms with van der Waals surface area (Å²) in [4.78, 5) is 17.2. The van der Waals surface area contributed by atoms with E-state index < -0.39 is 11.7 Å². The van der Waals surface area contributed by atoms with Gasteiger partial charge in [0.2, 0.25) is 0 Å². The molecule has 3 N–H and O–H groups in total. The summed E-state index contributed by atoms with van der Waals surface area (Å²) in [6.07, 6.45) is 1.58. The average Bonchev–Trinajstić information content (AvgIpc) is 3.23. The predicted molar refractivity (Wildman–Crippen MR) is 128 cm³/mol. The van der Waals surface area contributed by atoms with Crippen LogP contribution < -0.4 is 20.5 Å². The molecule has 166 valence electrons. The number of benzene rings is 2. The molecule has 0 radical (unpaired) electrons. The lowest BCUT2D eigenvalue weighted by atomic mass is 10.2. The Morgan fingerprint density at radius 1 is 1.15 bits per heavy atom. The van der Waals surface area contributed by atoms with Gasteiger partial charge in [0.1, 0.15) is 11.5 Å². The smallest absolute Gasteiger partial charge is 0.262 e. The van der Waals surface area contributed by atoms with Gasteiger partial charge < -0.3 is 20.5 Å². The summed E-state index contributed by atoms with van der Waals surface area (Å²) in [5.74, 6) is 5.67. The van der Waals surface area contributed by atoms with Crippen LogP contribution in [0.3, 0.4) is 0 Å². The van der Waals surface area contributed by atoms with Crippen LogP contribution in [-0.4, -0.2) is 24.0 Å². The minimum Gasteiger partial charge on any atom is -0.484 e. The zero-order chi connectivity index (χ0) is 23.2. The molecule has 2 aromatic heterocycles. The number of anilines is 1. The van der Waals surface area contributed by atoms with E-state index in [1.807, 2.05) is 6.07 Å². The maximum Gasteiger partial charge on any atom is 0.262 e. The van der Waals surface area contributed by atoms with E-state index in [0.29, 0.717) is 22.0 Å². The van der Waals surface area contributed by atoms with Gasteiger partial charge in [-0.2, -0.15) is 0 Å². The molecule has 0 aliphatic heterocycles. The van der Waals surface area contributed by atoms with Gasteiger partial charge >= 0.3 is 0 Å². The first-order chi connectivity index (χ1) is 16.0. The van der Waals surface area contributed by atoms with Crippen molar-refractivity contribution in [2.24, 2.45) is 5.73 Å². The van der Waals surface area contributed by atoms with Crippen LogP contribution in [0.15, 0.2) is 60.8 Å². The van der Waals surface area contributed by atoms with E-state index in [2.05, 4.69) is 22.1 Å². The second kappa shape index (κ2) is 10.3. The fourth-order valence-electron chi connectivity index (χ4n) is 2.85. The van der Waals surface area contributed by atoms with Crippen LogP contribution in [0.25, 0.3) is 10.2 Å². The highest BCUT2D eigenvalue weighted by atomic mass is 35.5. The van der Waals surface area contributed by atoms with Crippen molar-refractivity contribution >= 4 is 44.7 Å². The molecular weight excluding hydrogens is 465 g/mol. The number of amides is 1. The molecule has 0 saturated carbocycles. The van der Waals surface area contributed by atoms with E-state index in [0.717, 1.165) is 9.58 Å². The average molecular weight is 482 g/mol. The van der Waals surface area contributed by atoms with Crippen LogP contribution in [0.1, 0.15) is 4.88 Å². The molecule has 4 rings (SSSR count). The minimum atomic E-state index is -0.629. The molecule has 0 unspecified atom stereocenters. The third-order valence-electron chi connectivity index (χ3n) is 4.31. The molecule has 0 atom stereocenters. The van der Waals surface area contributed by atoms with Crippen molar-refractivity contribution in [1.29, 1.82) is 0 Å². The fraction of sp³-hybridized carbons (Fsp3) is 0.0833. The van der Waals surface area contributed by atoms with Crippen LogP contribution in [0.5, 0.6) is 17.2 Å². The van der Waals surface area contributed by atoms with Gasteiger partial charge in [-0.1, -0.05) is 23.4 Å². The topological polar surface area (TPSA) is 86.5 Å². The van der Waals surface area contributed by atoms with Crippen molar-refractivity contribution in [3.05, 3.63) is 76.5 Å². The second-order valence-corrected chi connectivity index (χ2v) is 8.17. The quantitative estimate of drug-likeness (QED) is 0.369. The molecule has 4 aromatic rings. The second-order valence-electron chi connectivity index (χ2n) is 6.68. The standard InChI is InChI=1S/C24H17ClFN3O3S/c25-15-3-6-17(7-4-15)31-14-23(30)29-16-5-8-21(19(26)12-16)32-22-9-11-28-20-13-18(2-1-10-27)33-24(20)22/h3-9,11-13H,10,14,27H2,(H,29,30). The summed E-state index contributed by atoms with van der Waals surface area (Å²) in [5, 5.41) is 3.16. The number of carbonyl (C=O) groups is 1. The highest BCUT2D eigenvalue weighted by molar-refractivity contribution is 7.19. The summed E-state index contributed by atoms with van der Waals surface area (Å²) in [6, 6.07) is 14.3. The number of nitrogens with two attached hydrogens (primary N) is 1. The zero-order valence-electron chi connectivity index (χ0n) is 17.1. The number of rotatable bonds is 6. The van der Waals surface area contributed by atoms with Gasteiger partial charge in [0.25, 0.3) is 5.91 Å². The van der Waals surface area contributed by atoms with Crippen LogP contribution >= 0.6 is 22.9 Å². The van der Waals surface area contributed by atoms with E-state index in [1.54, 1.807) is 42.6 Å². The molecule has 2 aromatic carbocycles. The number of nitrogens with one attached hydrogen (secondary N) is 1. The van der Waals surface area contributed by atoms with Crippen molar-refractivity contribution in [1.82, 2.24) is 4.98 Å². The predicted octanol–water partition coefficient (Wildman–Crippen LogP) is 5.21. The Morgan fingerprint density at radius 2 is 1.97 bits per heavy atom. The molecule has 0 bridgehead atoms. The van der Waals surface area contributed by atoms with Crippen molar-refractivity contribution in [3.63, 3.8) is 0 Å². The largest absolute Gasteiger partial charge is 0.484 e. The summed E-state index contributed by atoms with van der Waals surface area (Å²) in [7, 11) is 0. The lowest BCUT2D eigenvalue weighted by molar-refractivity contribution is -0.118. The maximum atomic E-state index is 14.7. The Labute approximate surface area is 198 Å². The third kappa shape index (κ3) is 5.79. The first kappa shape index (κ1) is 22.6. The molecule has 0 aliphatic rings. The van der Waals surface area contributed by atoms with Crippen LogP contribution in [0.4, 0.5) is 10.1 Å². The molecule has 6 nitrogen and oxygen atoms in total. The van der Waals surface area contributed by atoms with Crippen molar-refractivity contribution in [2.45, 2.75) is 0 Å². The van der Waals surface area contributed by atoms with Gasteiger partial charge in [-0.05, 0) is 42.5 Å². The summed E-state index contributed by atoms with van der Waals surface area (Å²) in [6.45, 7) is 0.0244. The third-order valence-corrected chi connectivity index (χ3v) is 5.61. The molecule has 9 heteroatoms. The number of halogens is 2. The summed E-state index contributed by atoms with van der Waals surface area (Å²) in [5.41, 5.74) is 6.40. The Bertz CT molecular complexity index is 1360. The molecule has 0 fully saturated rings. The number of ether oxygens (including phenoxy) is 2. The molecule has 1 amide bonds. The number of aromatic nitrogens is 1. The number of hydrogen-bond donors (Lipinski definition) is 2. The molecule has 0 spiro atoms. The minimum absolute atomic E-state index is 0.0147. The molecule has 2 heterocycles. The van der Waals surface area contributed by atoms with E-state index >= 15 is 0 Å². The fourth-order valence-corrected chi connectivity index (χ4v) is 3.92. The van der Waals surface area contributed by atoms with E-state index in [4.69, 9.17) is 26.8 Å². The number of carbonyl (C=O) groups excluding carboxylic acids is 1. The van der Waals surface area contributed by atoms with Crippen molar-refractivity contribution in [2.75, 3.05) is 18.5 Å². The monoisotopic (exact) mass is 481 g/mol. The SMILES string of the molecule is NCC#Cc1cc2nccc(Oc3ccc(NC(=O)COc4ccc(Cl)cc4)cc3F)c2s1. The Balaban J connectivity index is 1.43. The van der Waals surface area contributed by atoms with Gasteiger partial charge in [0.15, 0.2) is 18.2 Å². The lowest BCUT2D eigenvalue weighted by Gasteiger charge is -2.10. The van der Waals surface area contributed by atoms with Crippen molar-refractivity contribution in [3.8, 4) is 29.1 Å². The number of pyridine rings is 1. The molecular formula is C24H17ClFN3O3S. The first-order valence-electron chi connectivity index (χ1n) is 9.75. The Kier molecular flexibility index (Phi) is 7.05. The van der Waals surface area contributed by atoms with Crippen LogP contribution in [-0.2, 0) is 4.79 Å². The van der Waals surface area contributed by atoms with Gasteiger partial charge in [-0.15, -0.1) is 11.3 Å². The van der Waals surface area contributed by atoms with Gasteiger partial charge in [-0.3, -0.25) is 9.78 Å². The lowest BCUT2D eigenvalue weighted by Crippen LogP contribution is -2.20. The Morgan fingerprint density at radius 3 is 2.73 bits per heavy atom.